The van der Waals surface area contributed by atoms with Crippen molar-refractivity contribution in [2.75, 3.05) is 6.54 Å². The Bertz CT molecular complexity index is 682. The van der Waals surface area contributed by atoms with Gasteiger partial charge >= 0.3 is 0 Å². The number of carbonyl (C=O) groups is 1. The summed E-state index contributed by atoms with van der Waals surface area (Å²) in [5, 5.41) is 14.6. The van der Waals surface area contributed by atoms with Gasteiger partial charge in [0, 0.05) is 23.6 Å². The minimum atomic E-state index is -0.719. The highest BCUT2D eigenvalue weighted by atomic mass is 16.3. The van der Waals surface area contributed by atoms with Crippen LogP contribution in [0.3, 0.4) is 0 Å². The first-order valence-corrected chi connectivity index (χ1v) is 8.61. The molecule has 1 fully saturated rings. The molecule has 0 aliphatic heterocycles. The van der Waals surface area contributed by atoms with Crippen LogP contribution in [-0.2, 0) is 11.2 Å². The number of rotatable bonds is 4. The lowest BCUT2D eigenvalue weighted by atomic mass is 9.94. The van der Waals surface area contributed by atoms with Crippen molar-refractivity contribution in [2.45, 2.75) is 57.5 Å². The Morgan fingerprint density at radius 1 is 1.26 bits per heavy atom. The Labute approximate surface area is 137 Å². The molecule has 0 spiro atoms. The molecule has 0 atom stereocenters. The van der Waals surface area contributed by atoms with Crippen molar-refractivity contribution in [2.24, 2.45) is 0 Å². The van der Waals surface area contributed by atoms with Gasteiger partial charge in [-0.05, 0) is 37.0 Å². The first kappa shape index (κ1) is 16.1. The third-order valence-electron chi connectivity index (χ3n) is 4.92. The highest BCUT2D eigenvalue weighted by Gasteiger charge is 2.28. The van der Waals surface area contributed by atoms with Gasteiger partial charge in [0.1, 0.15) is 0 Å². The summed E-state index contributed by atoms with van der Waals surface area (Å²) in [7, 11) is 0. The summed E-state index contributed by atoms with van der Waals surface area (Å²) in [6.07, 6.45) is 8.31. The summed E-state index contributed by atoms with van der Waals surface area (Å²) in [6.45, 7) is 2.42. The summed E-state index contributed by atoms with van der Waals surface area (Å²) < 4.78 is 0. The van der Waals surface area contributed by atoms with Crippen molar-refractivity contribution in [3.05, 3.63) is 35.5 Å². The second-order valence-electron chi connectivity index (χ2n) is 6.96. The van der Waals surface area contributed by atoms with E-state index >= 15 is 0 Å². The molecule has 4 nitrogen and oxygen atoms in total. The molecule has 3 N–H and O–H groups in total. The van der Waals surface area contributed by atoms with E-state index in [0.717, 1.165) is 42.1 Å². The van der Waals surface area contributed by atoms with Gasteiger partial charge < -0.3 is 15.4 Å². The van der Waals surface area contributed by atoms with Crippen LogP contribution in [0.4, 0.5) is 0 Å². The van der Waals surface area contributed by atoms with Gasteiger partial charge in [0.05, 0.1) is 12.0 Å². The Morgan fingerprint density at radius 3 is 2.74 bits per heavy atom. The minimum absolute atomic E-state index is 0.0239. The zero-order chi connectivity index (χ0) is 16.3. The maximum absolute atomic E-state index is 12.3. The topological polar surface area (TPSA) is 65.1 Å². The van der Waals surface area contributed by atoms with Crippen LogP contribution in [0.1, 0.15) is 49.7 Å². The van der Waals surface area contributed by atoms with E-state index in [1.165, 1.54) is 18.4 Å². The molecule has 3 rings (SSSR count). The first-order valence-electron chi connectivity index (χ1n) is 8.61. The molecule has 4 heteroatoms. The molecule has 0 radical (unpaired) electrons. The second kappa shape index (κ2) is 6.75. The van der Waals surface area contributed by atoms with Crippen LogP contribution in [-0.4, -0.2) is 28.1 Å². The van der Waals surface area contributed by atoms with Crippen LogP contribution in [0, 0.1) is 6.92 Å². The maximum Gasteiger partial charge on any atom is 0.224 e. The highest BCUT2D eigenvalue weighted by molar-refractivity contribution is 5.89. The number of fused-ring (bicyclic) bond motifs is 1. The molecule has 0 unspecified atom stereocenters. The largest absolute Gasteiger partial charge is 0.388 e. The molecule has 2 aromatic rings. The molecular weight excluding hydrogens is 288 g/mol. The van der Waals surface area contributed by atoms with Crippen molar-refractivity contribution in [1.29, 1.82) is 0 Å². The van der Waals surface area contributed by atoms with E-state index in [-0.39, 0.29) is 5.91 Å². The molecule has 1 aromatic heterocycles. The summed E-state index contributed by atoms with van der Waals surface area (Å²) >= 11 is 0. The molecule has 1 heterocycles. The molecule has 0 bridgehead atoms. The normalized spacial score (nSPS) is 17.8. The number of carbonyl (C=O) groups excluding carboxylic acids is 1. The van der Waals surface area contributed by atoms with Crippen molar-refractivity contribution in [3.8, 4) is 0 Å². The number of nitrogens with one attached hydrogen (secondary N) is 2. The average Bonchev–Trinajstić information content (AvgIpc) is 2.77. The van der Waals surface area contributed by atoms with Crippen LogP contribution >= 0.6 is 0 Å². The molecule has 1 aliphatic rings. The number of hydrogen-bond acceptors (Lipinski definition) is 2. The third kappa shape index (κ3) is 3.94. The summed E-state index contributed by atoms with van der Waals surface area (Å²) in [5.41, 5.74) is 2.55. The Balaban J connectivity index is 1.60. The Hall–Kier alpha value is -1.81. The van der Waals surface area contributed by atoms with E-state index in [0.29, 0.717) is 13.0 Å². The highest BCUT2D eigenvalue weighted by Crippen LogP contribution is 2.26. The van der Waals surface area contributed by atoms with E-state index in [1.54, 1.807) is 0 Å². The third-order valence-corrected chi connectivity index (χ3v) is 4.92. The lowest BCUT2D eigenvalue weighted by Crippen LogP contribution is -2.43. The number of aliphatic hydroxyl groups is 1. The summed E-state index contributed by atoms with van der Waals surface area (Å²) in [5.74, 6) is -0.0239. The van der Waals surface area contributed by atoms with Crippen LogP contribution in [0.2, 0.25) is 0 Å². The number of H-pyrrole nitrogens is 1. The van der Waals surface area contributed by atoms with Crippen LogP contribution < -0.4 is 5.32 Å². The fourth-order valence-electron chi connectivity index (χ4n) is 3.51. The number of aromatic nitrogens is 1. The second-order valence-corrected chi connectivity index (χ2v) is 6.96. The SMILES string of the molecule is Cc1ccc2c(CC(=O)NCC3(O)CCCCCC3)c[nH]c2c1. The molecular formula is C19H26N2O2. The van der Waals surface area contributed by atoms with Gasteiger partial charge in [0.2, 0.25) is 5.91 Å². The predicted molar refractivity (Wildman–Crippen MR) is 92.4 cm³/mol. The first-order chi connectivity index (χ1) is 11.1. The zero-order valence-electron chi connectivity index (χ0n) is 13.8. The number of aromatic amines is 1. The van der Waals surface area contributed by atoms with Gasteiger partial charge in [0.25, 0.3) is 0 Å². The molecule has 1 amide bonds. The van der Waals surface area contributed by atoms with Crippen molar-refractivity contribution < 1.29 is 9.90 Å². The number of hydrogen-bond donors (Lipinski definition) is 3. The summed E-state index contributed by atoms with van der Waals surface area (Å²) in [6, 6.07) is 6.21. The number of benzene rings is 1. The van der Waals surface area contributed by atoms with Gasteiger partial charge in [-0.2, -0.15) is 0 Å². The van der Waals surface area contributed by atoms with Gasteiger partial charge in [0.15, 0.2) is 0 Å². The Morgan fingerprint density at radius 2 is 2.00 bits per heavy atom. The van der Waals surface area contributed by atoms with E-state index in [2.05, 4.69) is 35.4 Å². The van der Waals surface area contributed by atoms with Crippen molar-refractivity contribution in [1.82, 2.24) is 10.3 Å². The van der Waals surface area contributed by atoms with Crippen LogP contribution in [0.25, 0.3) is 10.9 Å². The summed E-state index contributed by atoms with van der Waals surface area (Å²) in [4.78, 5) is 15.5. The molecule has 0 saturated heterocycles. The van der Waals surface area contributed by atoms with E-state index < -0.39 is 5.60 Å². The van der Waals surface area contributed by atoms with Crippen molar-refractivity contribution >= 4 is 16.8 Å². The van der Waals surface area contributed by atoms with Crippen molar-refractivity contribution in [3.63, 3.8) is 0 Å². The fourth-order valence-corrected chi connectivity index (χ4v) is 3.51. The molecule has 23 heavy (non-hydrogen) atoms. The van der Waals surface area contributed by atoms with Crippen LogP contribution in [0.5, 0.6) is 0 Å². The maximum atomic E-state index is 12.3. The van der Waals surface area contributed by atoms with Gasteiger partial charge in [-0.3, -0.25) is 4.79 Å². The zero-order valence-corrected chi connectivity index (χ0v) is 13.8. The predicted octanol–water partition coefficient (Wildman–Crippen LogP) is 3.22. The van der Waals surface area contributed by atoms with E-state index in [1.807, 2.05) is 6.20 Å². The lowest BCUT2D eigenvalue weighted by Gasteiger charge is -2.26. The molecule has 1 aromatic carbocycles. The number of aryl methyl sites for hydroxylation is 1. The lowest BCUT2D eigenvalue weighted by molar-refractivity contribution is -0.121. The van der Waals surface area contributed by atoms with Crippen LogP contribution in [0.15, 0.2) is 24.4 Å². The van der Waals surface area contributed by atoms with E-state index in [4.69, 9.17) is 0 Å². The monoisotopic (exact) mass is 314 g/mol. The molecule has 1 aliphatic carbocycles. The molecule has 124 valence electrons. The van der Waals surface area contributed by atoms with Gasteiger partial charge in [-0.1, -0.05) is 37.8 Å². The number of amides is 1. The van der Waals surface area contributed by atoms with E-state index in [9.17, 15) is 9.90 Å². The standard InChI is InChI=1S/C19H26N2O2/c1-14-6-7-16-15(12-20-17(16)10-14)11-18(22)21-13-19(23)8-4-2-3-5-9-19/h6-7,10,12,20,23H,2-5,8-9,11,13H2,1H3,(H,21,22). The average molecular weight is 314 g/mol. The quantitative estimate of drug-likeness (QED) is 0.759. The Kier molecular flexibility index (Phi) is 4.71. The van der Waals surface area contributed by atoms with Gasteiger partial charge in [-0.15, -0.1) is 0 Å². The molecule has 1 saturated carbocycles. The minimum Gasteiger partial charge on any atom is -0.388 e. The fraction of sp³-hybridized carbons (Fsp3) is 0.526. The smallest absolute Gasteiger partial charge is 0.224 e. The van der Waals surface area contributed by atoms with Gasteiger partial charge in [-0.25, -0.2) is 0 Å².